The smallest absolute Gasteiger partial charge is 0.123 e. The molecule has 1 N–H and O–H groups in total. The molecule has 1 aromatic carbocycles. The van der Waals surface area contributed by atoms with E-state index in [1.807, 2.05) is 25.3 Å². The van der Waals surface area contributed by atoms with Crippen LogP contribution in [-0.2, 0) is 0 Å². The summed E-state index contributed by atoms with van der Waals surface area (Å²) in [7, 11) is 0. The van der Waals surface area contributed by atoms with E-state index in [1.54, 1.807) is 11.3 Å². The highest BCUT2D eigenvalue weighted by Gasteiger charge is 2.14. The lowest BCUT2D eigenvalue weighted by Crippen LogP contribution is -1.95. The lowest BCUT2D eigenvalue weighted by Gasteiger charge is -2.00. The fourth-order valence-electron chi connectivity index (χ4n) is 2.18. The maximum Gasteiger partial charge on any atom is 0.123 e. The van der Waals surface area contributed by atoms with Crippen LogP contribution in [0.15, 0.2) is 35.8 Å². The van der Waals surface area contributed by atoms with Crippen LogP contribution < -0.4 is 0 Å². The van der Waals surface area contributed by atoms with Crippen LogP contribution in [0.3, 0.4) is 0 Å². The van der Waals surface area contributed by atoms with Gasteiger partial charge in [0.15, 0.2) is 0 Å². The zero-order valence-electron chi connectivity index (χ0n) is 10.6. The monoisotopic (exact) mass is 267 g/mol. The van der Waals surface area contributed by atoms with Crippen molar-refractivity contribution in [1.29, 1.82) is 5.26 Å². The number of nitrogens with one attached hydrogen (secondary N) is 1. The molecule has 0 fully saturated rings. The first kappa shape index (κ1) is 11.9. The van der Waals surface area contributed by atoms with Gasteiger partial charge in [0.1, 0.15) is 11.7 Å². The number of hydrogen-bond donors (Lipinski definition) is 1. The second-order valence-corrected chi connectivity index (χ2v) is 5.33. The van der Waals surface area contributed by atoms with Gasteiger partial charge in [0.2, 0.25) is 0 Å². The van der Waals surface area contributed by atoms with E-state index in [0.29, 0.717) is 0 Å². The summed E-state index contributed by atoms with van der Waals surface area (Å²) in [5, 5.41) is 12.4. The normalized spacial score (nSPS) is 12.4. The van der Waals surface area contributed by atoms with E-state index < -0.39 is 0 Å². The van der Waals surface area contributed by atoms with Crippen molar-refractivity contribution in [2.75, 3.05) is 0 Å². The van der Waals surface area contributed by atoms with E-state index in [-0.39, 0.29) is 5.92 Å². The molecule has 0 aliphatic rings. The number of fused-ring (bicyclic) bond motifs is 1. The van der Waals surface area contributed by atoms with E-state index in [4.69, 9.17) is 5.26 Å². The summed E-state index contributed by atoms with van der Waals surface area (Å²) in [6.45, 7) is 2.00. The minimum atomic E-state index is -0.154. The van der Waals surface area contributed by atoms with Gasteiger partial charge in [-0.25, -0.2) is 4.98 Å². The van der Waals surface area contributed by atoms with E-state index in [2.05, 4.69) is 33.5 Å². The van der Waals surface area contributed by atoms with Crippen LogP contribution in [0.1, 0.15) is 25.1 Å². The number of aromatic nitrogens is 2. The molecule has 94 valence electrons. The molecule has 3 aromatic rings. The Hall–Kier alpha value is -2.12. The summed E-state index contributed by atoms with van der Waals surface area (Å²) in [4.78, 5) is 7.63. The zero-order valence-corrected chi connectivity index (χ0v) is 11.4. The Bertz CT molecular complexity index is 748. The van der Waals surface area contributed by atoms with E-state index in [0.717, 1.165) is 23.5 Å². The van der Waals surface area contributed by atoms with Gasteiger partial charge in [0.25, 0.3) is 0 Å². The molecule has 2 heterocycles. The second-order valence-electron chi connectivity index (χ2n) is 4.42. The highest BCUT2D eigenvalue weighted by Crippen LogP contribution is 2.33. The van der Waals surface area contributed by atoms with E-state index >= 15 is 0 Å². The Labute approximate surface area is 115 Å². The molecule has 3 nitrogen and oxygen atoms in total. The predicted octanol–water partition coefficient (Wildman–Crippen LogP) is 4.31. The van der Waals surface area contributed by atoms with Crippen LogP contribution in [0.2, 0.25) is 0 Å². The molecule has 4 heteroatoms. The SMILES string of the molecule is CCC(C#N)c1ncc(-c2csc3ccccc23)[nH]1. The van der Waals surface area contributed by atoms with Gasteiger partial charge in [-0.3, -0.25) is 0 Å². The van der Waals surface area contributed by atoms with Crippen molar-refractivity contribution in [3.63, 3.8) is 0 Å². The van der Waals surface area contributed by atoms with Crippen molar-refractivity contribution in [2.45, 2.75) is 19.3 Å². The summed E-state index contributed by atoms with van der Waals surface area (Å²) >= 11 is 1.73. The van der Waals surface area contributed by atoms with Crippen molar-refractivity contribution >= 4 is 21.4 Å². The zero-order chi connectivity index (χ0) is 13.2. The molecule has 0 aliphatic heterocycles. The van der Waals surface area contributed by atoms with Crippen LogP contribution in [0, 0.1) is 11.3 Å². The Morgan fingerprint density at radius 2 is 2.26 bits per heavy atom. The number of nitriles is 1. The number of nitrogens with zero attached hydrogens (tertiary/aromatic N) is 2. The molecule has 2 aromatic heterocycles. The second kappa shape index (κ2) is 4.87. The van der Waals surface area contributed by atoms with E-state index in [1.165, 1.54) is 10.1 Å². The molecule has 0 spiro atoms. The number of benzene rings is 1. The first-order valence-electron chi connectivity index (χ1n) is 6.24. The molecule has 0 bridgehead atoms. The quantitative estimate of drug-likeness (QED) is 0.768. The summed E-state index contributed by atoms with van der Waals surface area (Å²) < 4.78 is 1.26. The van der Waals surface area contributed by atoms with Crippen LogP contribution in [0.5, 0.6) is 0 Å². The van der Waals surface area contributed by atoms with Crippen LogP contribution in [0.4, 0.5) is 0 Å². The average molecular weight is 267 g/mol. The lowest BCUT2D eigenvalue weighted by molar-refractivity contribution is 0.766. The molecule has 19 heavy (non-hydrogen) atoms. The molecule has 0 amide bonds. The molecule has 0 saturated carbocycles. The third kappa shape index (κ3) is 2.02. The van der Waals surface area contributed by atoms with Gasteiger partial charge in [-0.2, -0.15) is 5.26 Å². The maximum atomic E-state index is 9.08. The van der Waals surface area contributed by atoms with Crippen molar-refractivity contribution in [3.8, 4) is 17.3 Å². The summed E-state index contributed by atoms with van der Waals surface area (Å²) in [6.07, 6.45) is 2.59. The highest BCUT2D eigenvalue weighted by atomic mass is 32.1. The Morgan fingerprint density at radius 1 is 1.42 bits per heavy atom. The number of aromatic amines is 1. The third-order valence-electron chi connectivity index (χ3n) is 3.26. The van der Waals surface area contributed by atoms with Gasteiger partial charge in [-0.1, -0.05) is 25.1 Å². The summed E-state index contributed by atoms with van der Waals surface area (Å²) in [5.41, 5.74) is 2.15. The number of rotatable bonds is 3. The first-order valence-corrected chi connectivity index (χ1v) is 7.12. The number of H-pyrrole nitrogens is 1. The largest absolute Gasteiger partial charge is 0.341 e. The lowest BCUT2D eigenvalue weighted by atomic mass is 10.1. The van der Waals surface area contributed by atoms with Crippen molar-refractivity contribution in [3.05, 3.63) is 41.7 Å². The minimum Gasteiger partial charge on any atom is -0.341 e. The molecule has 1 atom stereocenters. The van der Waals surface area contributed by atoms with Gasteiger partial charge < -0.3 is 4.98 Å². The van der Waals surface area contributed by atoms with Gasteiger partial charge in [-0.15, -0.1) is 11.3 Å². The average Bonchev–Trinajstić information content (AvgIpc) is 3.06. The fraction of sp³-hybridized carbons (Fsp3) is 0.200. The summed E-state index contributed by atoms with van der Waals surface area (Å²) in [5.74, 6) is 0.605. The maximum absolute atomic E-state index is 9.08. The Morgan fingerprint density at radius 3 is 3.05 bits per heavy atom. The predicted molar refractivity (Wildman–Crippen MR) is 78.1 cm³/mol. The van der Waals surface area contributed by atoms with E-state index in [9.17, 15) is 0 Å². The molecule has 1 unspecified atom stereocenters. The topological polar surface area (TPSA) is 52.5 Å². The Kier molecular flexibility index (Phi) is 3.06. The molecular weight excluding hydrogens is 254 g/mol. The molecule has 0 saturated heterocycles. The molecule has 0 radical (unpaired) electrons. The molecular formula is C15H13N3S. The van der Waals surface area contributed by atoms with Gasteiger partial charge in [0.05, 0.1) is 18.0 Å². The fourth-order valence-corrected chi connectivity index (χ4v) is 3.14. The number of hydrogen-bond acceptors (Lipinski definition) is 3. The third-order valence-corrected chi connectivity index (χ3v) is 4.22. The standard InChI is InChI=1S/C15H13N3S/c1-2-10(7-16)15-17-8-13(18-15)12-9-19-14-6-4-3-5-11(12)14/h3-6,8-10H,2H2,1H3,(H,17,18). The minimum absolute atomic E-state index is 0.154. The van der Waals surface area contributed by atoms with Crippen molar-refractivity contribution in [2.24, 2.45) is 0 Å². The van der Waals surface area contributed by atoms with Crippen molar-refractivity contribution < 1.29 is 0 Å². The Balaban J connectivity index is 2.06. The number of imidazole rings is 1. The van der Waals surface area contributed by atoms with Gasteiger partial charge in [-0.05, 0) is 12.5 Å². The van der Waals surface area contributed by atoms with Crippen LogP contribution in [0.25, 0.3) is 21.3 Å². The van der Waals surface area contributed by atoms with Crippen LogP contribution >= 0.6 is 11.3 Å². The van der Waals surface area contributed by atoms with Crippen molar-refractivity contribution in [1.82, 2.24) is 9.97 Å². The van der Waals surface area contributed by atoms with Gasteiger partial charge >= 0.3 is 0 Å². The first-order chi connectivity index (χ1) is 9.33. The van der Waals surface area contributed by atoms with Gasteiger partial charge in [0, 0.05) is 21.0 Å². The molecule has 0 aliphatic carbocycles. The number of thiophene rings is 1. The summed E-state index contributed by atoms with van der Waals surface area (Å²) in [6, 6.07) is 10.6. The molecule has 3 rings (SSSR count). The van der Waals surface area contributed by atoms with Crippen LogP contribution in [-0.4, -0.2) is 9.97 Å². The highest BCUT2D eigenvalue weighted by molar-refractivity contribution is 7.17.